The van der Waals surface area contributed by atoms with E-state index in [0.717, 1.165) is 31.6 Å². The average Bonchev–Trinajstić information content (AvgIpc) is 2.56. The van der Waals surface area contributed by atoms with Gasteiger partial charge in [-0.2, -0.15) is 0 Å². The number of rotatable bonds is 15. The summed E-state index contributed by atoms with van der Waals surface area (Å²) in [5, 5.41) is 3.51. The van der Waals surface area contributed by atoms with E-state index in [9.17, 15) is 0 Å². The largest absolute Gasteiger partial charge is 0.398 e. The molecule has 1 N–H and O–H groups in total. The van der Waals surface area contributed by atoms with Crippen LogP contribution in [0.1, 0.15) is 32.1 Å². The molecule has 0 bridgehead atoms. The molecule has 5 nitrogen and oxygen atoms in total. The first-order chi connectivity index (χ1) is 10.4. The van der Waals surface area contributed by atoms with Gasteiger partial charge in [-0.05, 0) is 51.1 Å². The minimum absolute atomic E-state index is 1.05. The standard InChI is InChI=1S/C15H37NO4Si2/c1-17-21(5,18-2)14-10-8-7-9-12-16-13-11-15-22(6,19-3)20-4/h16H,7-15H2,1-6H3. The van der Waals surface area contributed by atoms with Crippen molar-refractivity contribution < 1.29 is 17.7 Å². The van der Waals surface area contributed by atoms with E-state index < -0.39 is 17.1 Å². The van der Waals surface area contributed by atoms with Crippen molar-refractivity contribution in [2.24, 2.45) is 0 Å². The summed E-state index contributed by atoms with van der Waals surface area (Å²) in [5.74, 6) is 0. The van der Waals surface area contributed by atoms with Gasteiger partial charge in [0.2, 0.25) is 0 Å². The van der Waals surface area contributed by atoms with Crippen molar-refractivity contribution in [1.82, 2.24) is 5.32 Å². The predicted octanol–water partition coefficient (Wildman–Crippen LogP) is 3.26. The van der Waals surface area contributed by atoms with E-state index in [-0.39, 0.29) is 0 Å². The zero-order chi connectivity index (χ0) is 16.9. The van der Waals surface area contributed by atoms with Crippen LogP contribution in [-0.2, 0) is 17.7 Å². The maximum atomic E-state index is 5.49. The lowest BCUT2D eigenvalue weighted by Gasteiger charge is -2.22. The summed E-state index contributed by atoms with van der Waals surface area (Å²) in [6.07, 6.45) is 6.09. The Bertz CT molecular complexity index is 236. The quantitative estimate of drug-likeness (QED) is 0.362. The molecule has 0 unspecified atom stereocenters. The van der Waals surface area contributed by atoms with Gasteiger partial charge in [0.15, 0.2) is 0 Å². The van der Waals surface area contributed by atoms with Gasteiger partial charge in [0.1, 0.15) is 0 Å². The van der Waals surface area contributed by atoms with Crippen LogP contribution in [0.4, 0.5) is 0 Å². The fourth-order valence-electron chi connectivity index (χ4n) is 2.28. The Labute approximate surface area is 139 Å². The lowest BCUT2D eigenvalue weighted by Crippen LogP contribution is -2.36. The fourth-order valence-corrected chi connectivity index (χ4v) is 5.15. The molecule has 0 rings (SSSR count). The topological polar surface area (TPSA) is 49.0 Å². The summed E-state index contributed by atoms with van der Waals surface area (Å²) in [5.41, 5.74) is 0. The molecule has 0 fully saturated rings. The van der Waals surface area contributed by atoms with Gasteiger partial charge in [-0.1, -0.05) is 19.3 Å². The van der Waals surface area contributed by atoms with Crippen LogP contribution >= 0.6 is 0 Å². The first-order valence-electron chi connectivity index (χ1n) is 8.36. The fraction of sp³-hybridized carbons (Fsp3) is 1.00. The molecule has 0 aliphatic rings. The summed E-state index contributed by atoms with van der Waals surface area (Å²) < 4.78 is 21.9. The van der Waals surface area contributed by atoms with Gasteiger partial charge in [-0.15, -0.1) is 0 Å². The Balaban J connectivity index is 3.41. The van der Waals surface area contributed by atoms with Crippen molar-refractivity contribution in [2.75, 3.05) is 41.5 Å². The lowest BCUT2D eigenvalue weighted by atomic mass is 10.2. The van der Waals surface area contributed by atoms with Gasteiger partial charge in [0.25, 0.3) is 0 Å². The lowest BCUT2D eigenvalue weighted by molar-refractivity contribution is 0.247. The van der Waals surface area contributed by atoms with E-state index in [1.807, 2.05) is 0 Å². The molecule has 0 heterocycles. The van der Waals surface area contributed by atoms with Gasteiger partial charge in [-0.25, -0.2) is 0 Å². The Kier molecular flexibility index (Phi) is 12.8. The Morgan fingerprint density at radius 2 is 1.00 bits per heavy atom. The molecule has 0 amide bonds. The second kappa shape index (κ2) is 12.6. The van der Waals surface area contributed by atoms with E-state index in [4.69, 9.17) is 17.7 Å². The van der Waals surface area contributed by atoms with Crippen molar-refractivity contribution in [3.05, 3.63) is 0 Å². The second-order valence-electron chi connectivity index (χ2n) is 6.10. The molecule has 0 atom stereocenters. The molecular weight excluding hydrogens is 314 g/mol. The smallest absolute Gasteiger partial charge is 0.334 e. The maximum absolute atomic E-state index is 5.49. The van der Waals surface area contributed by atoms with Crippen LogP contribution in [-0.4, -0.2) is 58.7 Å². The van der Waals surface area contributed by atoms with Gasteiger partial charge in [0, 0.05) is 28.4 Å². The Hall–Kier alpha value is 0.234. The van der Waals surface area contributed by atoms with Crippen molar-refractivity contribution in [1.29, 1.82) is 0 Å². The first kappa shape index (κ1) is 22.2. The number of hydrogen-bond donors (Lipinski definition) is 1. The zero-order valence-corrected chi connectivity index (χ0v) is 17.5. The van der Waals surface area contributed by atoms with Crippen LogP contribution in [0.25, 0.3) is 0 Å². The predicted molar refractivity (Wildman–Crippen MR) is 96.8 cm³/mol. The minimum atomic E-state index is -1.87. The van der Waals surface area contributed by atoms with Crippen molar-refractivity contribution in [3.8, 4) is 0 Å². The van der Waals surface area contributed by atoms with Gasteiger partial charge < -0.3 is 23.0 Å². The molecule has 134 valence electrons. The van der Waals surface area contributed by atoms with Crippen LogP contribution in [0.2, 0.25) is 25.2 Å². The van der Waals surface area contributed by atoms with Crippen molar-refractivity contribution >= 4 is 17.1 Å². The second-order valence-corrected chi connectivity index (χ2v) is 13.3. The molecule has 0 aliphatic heterocycles. The van der Waals surface area contributed by atoms with E-state index in [1.165, 1.54) is 25.7 Å². The summed E-state index contributed by atoms with van der Waals surface area (Å²) in [6, 6.07) is 2.13. The number of nitrogens with one attached hydrogen (secondary N) is 1. The third kappa shape index (κ3) is 10.1. The Morgan fingerprint density at radius 1 is 0.591 bits per heavy atom. The van der Waals surface area contributed by atoms with Crippen LogP contribution in [0.5, 0.6) is 0 Å². The van der Waals surface area contributed by atoms with E-state index in [2.05, 4.69) is 18.4 Å². The van der Waals surface area contributed by atoms with Crippen LogP contribution in [0.3, 0.4) is 0 Å². The maximum Gasteiger partial charge on any atom is 0.334 e. The first-order valence-corrected chi connectivity index (χ1v) is 13.4. The number of unbranched alkanes of at least 4 members (excludes halogenated alkanes) is 3. The van der Waals surface area contributed by atoms with Gasteiger partial charge >= 0.3 is 17.1 Å². The highest BCUT2D eigenvalue weighted by atomic mass is 28.4. The van der Waals surface area contributed by atoms with Crippen LogP contribution in [0, 0.1) is 0 Å². The monoisotopic (exact) mass is 351 g/mol. The summed E-state index contributed by atoms with van der Waals surface area (Å²) >= 11 is 0. The van der Waals surface area contributed by atoms with E-state index in [0.29, 0.717) is 0 Å². The molecule has 0 saturated heterocycles. The summed E-state index contributed by atoms with van der Waals surface area (Å²) in [4.78, 5) is 0. The normalized spacial score (nSPS) is 12.8. The molecule has 0 spiro atoms. The molecule has 0 aromatic rings. The molecule has 0 aromatic carbocycles. The minimum Gasteiger partial charge on any atom is -0.398 e. The average molecular weight is 352 g/mol. The third-order valence-electron chi connectivity index (χ3n) is 4.45. The van der Waals surface area contributed by atoms with Crippen LogP contribution < -0.4 is 5.32 Å². The highest BCUT2D eigenvalue weighted by molar-refractivity contribution is 6.66. The van der Waals surface area contributed by atoms with Gasteiger partial charge in [-0.3, -0.25) is 0 Å². The van der Waals surface area contributed by atoms with Crippen molar-refractivity contribution in [2.45, 2.75) is 57.3 Å². The molecule has 0 saturated carbocycles. The summed E-state index contributed by atoms with van der Waals surface area (Å²) in [6.45, 7) is 6.39. The summed E-state index contributed by atoms with van der Waals surface area (Å²) in [7, 11) is 3.32. The van der Waals surface area contributed by atoms with Crippen LogP contribution in [0.15, 0.2) is 0 Å². The van der Waals surface area contributed by atoms with Gasteiger partial charge in [0.05, 0.1) is 0 Å². The number of hydrogen-bond acceptors (Lipinski definition) is 5. The molecule has 0 aromatic heterocycles. The molecular formula is C15H37NO4Si2. The molecule has 22 heavy (non-hydrogen) atoms. The molecule has 0 radical (unpaired) electrons. The Morgan fingerprint density at radius 3 is 1.50 bits per heavy atom. The zero-order valence-electron chi connectivity index (χ0n) is 15.5. The van der Waals surface area contributed by atoms with E-state index in [1.54, 1.807) is 28.4 Å². The SMILES string of the molecule is CO[Si](C)(CCCCCCNCCC[Si](C)(OC)OC)OC. The highest BCUT2D eigenvalue weighted by Crippen LogP contribution is 2.16. The molecule has 0 aliphatic carbocycles. The third-order valence-corrected chi connectivity index (χ3v) is 10.4. The van der Waals surface area contributed by atoms with E-state index >= 15 is 0 Å². The van der Waals surface area contributed by atoms with Crippen molar-refractivity contribution in [3.63, 3.8) is 0 Å². The molecule has 7 heteroatoms. The highest BCUT2D eigenvalue weighted by Gasteiger charge is 2.28.